The molecule has 0 aliphatic carbocycles. The first-order chi connectivity index (χ1) is 6.15. The molecule has 0 aliphatic rings. The molecule has 0 amide bonds. The molecule has 0 saturated heterocycles. The first-order valence-electron chi connectivity index (χ1n) is 4.82. The predicted molar refractivity (Wildman–Crippen MR) is 52.1 cm³/mol. The fourth-order valence-corrected chi connectivity index (χ4v) is 1.11. The fraction of sp³-hybridized carbons (Fsp3) is 0.778. The van der Waals surface area contributed by atoms with Crippen LogP contribution in [-0.4, -0.2) is 15.2 Å². The van der Waals surface area contributed by atoms with Crippen molar-refractivity contribution in [3.05, 3.63) is 11.6 Å². The summed E-state index contributed by atoms with van der Waals surface area (Å²) < 4.78 is 0. The molecule has 1 atom stereocenters. The van der Waals surface area contributed by atoms with Crippen molar-refractivity contribution in [1.29, 1.82) is 0 Å². The second kappa shape index (κ2) is 4.37. The van der Waals surface area contributed by atoms with Crippen molar-refractivity contribution in [1.82, 2.24) is 15.2 Å². The van der Waals surface area contributed by atoms with Gasteiger partial charge in [-0.2, -0.15) is 5.10 Å². The first kappa shape index (κ1) is 10.2. The molecule has 0 saturated carbocycles. The Morgan fingerprint density at radius 2 is 2.15 bits per heavy atom. The van der Waals surface area contributed by atoms with Gasteiger partial charge in [0.15, 0.2) is 5.82 Å². The van der Waals surface area contributed by atoms with Crippen LogP contribution in [-0.2, 0) is 6.42 Å². The molecule has 3 N–H and O–H groups in total. The number of H-pyrrole nitrogens is 1. The summed E-state index contributed by atoms with van der Waals surface area (Å²) in [6.07, 6.45) is 2.02. The van der Waals surface area contributed by atoms with Gasteiger partial charge >= 0.3 is 0 Å². The van der Waals surface area contributed by atoms with Crippen LogP contribution in [0.1, 0.15) is 44.9 Å². The highest BCUT2D eigenvalue weighted by atomic mass is 15.2. The summed E-state index contributed by atoms with van der Waals surface area (Å²) in [5, 5.41) is 7.00. The van der Waals surface area contributed by atoms with Gasteiger partial charge in [0.25, 0.3) is 0 Å². The Morgan fingerprint density at radius 1 is 1.46 bits per heavy atom. The van der Waals surface area contributed by atoms with Crippen LogP contribution in [0.2, 0.25) is 0 Å². The van der Waals surface area contributed by atoms with Crippen LogP contribution in [0.5, 0.6) is 0 Å². The standard InChI is InChI=1S/C9H18N4/c1-4-5-7-11-9(13-12-7)8(10)6(2)3/h6,8H,4-5,10H2,1-3H3,(H,11,12,13). The van der Waals surface area contributed by atoms with Gasteiger partial charge in [-0.3, -0.25) is 5.10 Å². The van der Waals surface area contributed by atoms with E-state index in [1.54, 1.807) is 0 Å². The average Bonchev–Trinajstić information content (AvgIpc) is 2.52. The Morgan fingerprint density at radius 3 is 2.69 bits per heavy atom. The lowest BCUT2D eigenvalue weighted by molar-refractivity contribution is 0.491. The number of aromatic nitrogens is 3. The van der Waals surface area contributed by atoms with E-state index in [1.807, 2.05) is 0 Å². The number of nitrogens with zero attached hydrogens (tertiary/aromatic N) is 2. The van der Waals surface area contributed by atoms with Crippen LogP contribution in [0.15, 0.2) is 0 Å². The monoisotopic (exact) mass is 182 g/mol. The zero-order valence-electron chi connectivity index (χ0n) is 8.54. The van der Waals surface area contributed by atoms with E-state index in [4.69, 9.17) is 5.73 Å². The van der Waals surface area contributed by atoms with Crippen LogP contribution in [0.3, 0.4) is 0 Å². The molecule has 4 nitrogen and oxygen atoms in total. The van der Waals surface area contributed by atoms with E-state index in [0.29, 0.717) is 5.92 Å². The van der Waals surface area contributed by atoms with Gasteiger partial charge in [-0.15, -0.1) is 0 Å². The lowest BCUT2D eigenvalue weighted by Crippen LogP contribution is -2.18. The average molecular weight is 182 g/mol. The van der Waals surface area contributed by atoms with Crippen LogP contribution < -0.4 is 5.73 Å². The van der Waals surface area contributed by atoms with E-state index in [2.05, 4.69) is 36.0 Å². The molecule has 74 valence electrons. The molecule has 0 aromatic carbocycles. The maximum Gasteiger partial charge on any atom is 0.167 e. The molecule has 1 aromatic heterocycles. The molecule has 1 rings (SSSR count). The summed E-state index contributed by atoms with van der Waals surface area (Å²) in [5.74, 6) is 2.05. The van der Waals surface area contributed by atoms with Gasteiger partial charge in [0.05, 0.1) is 6.04 Å². The number of nitrogens with one attached hydrogen (secondary N) is 1. The van der Waals surface area contributed by atoms with Gasteiger partial charge in [0, 0.05) is 6.42 Å². The molecule has 4 heteroatoms. The van der Waals surface area contributed by atoms with Crippen LogP contribution in [0.25, 0.3) is 0 Å². The minimum absolute atomic E-state index is 0.0538. The van der Waals surface area contributed by atoms with Gasteiger partial charge in [-0.25, -0.2) is 4.98 Å². The third-order valence-corrected chi connectivity index (χ3v) is 2.05. The highest BCUT2D eigenvalue weighted by Crippen LogP contribution is 2.14. The molecule has 0 bridgehead atoms. The van der Waals surface area contributed by atoms with Crippen molar-refractivity contribution in [2.24, 2.45) is 11.7 Å². The second-order valence-electron chi connectivity index (χ2n) is 3.66. The Balaban J connectivity index is 2.67. The SMILES string of the molecule is CCCc1nc(C(N)C(C)C)n[nH]1. The van der Waals surface area contributed by atoms with Gasteiger partial charge < -0.3 is 5.73 Å². The van der Waals surface area contributed by atoms with Crippen LogP contribution in [0.4, 0.5) is 0 Å². The normalized spacial score (nSPS) is 13.6. The summed E-state index contributed by atoms with van der Waals surface area (Å²) in [4.78, 5) is 4.33. The van der Waals surface area contributed by atoms with Gasteiger partial charge in [-0.1, -0.05) is 20.8 Å². The number of nitrogens with two attached hydrogens (primary N) is 1. The van der Waals surface area contributed by atoms with E-state index in [1.165, 1.54) is 0 Å². The first-order valence-corrected chi connectivity index (χ1v) is 4.82. The Hall–Kier alpha value is -0.900. The highest BCUT2D eigenvalue weighted by molar-refractivity contribution is 4.96. The summed E-state index contributed by atoms with van der Waals surface area (Å²) in [7, 11) is 0. The number of hydrogen-bond donors (Lipinski definition) is 2. The van der Waals surface area contributed by atoms with Gasteiger partial charge in [0.2, 0.25) is 0 Å². The minimum atomic E-state index is -0.0538. The van der Waals surface area contributed by atoms with Crippen molar-refractivity contribution in [3.63, 3.8) is 0 Å². The molecule has 0 radical (unpaired) electrons. The molecule has 1 heterocycles. The van der Waals surface area contributed by atoms with Gasteiger partial charge in [0.1, 0.15) is 5.82 Å². The zero-order chi connectivity index (χ0) is 9.84. The topological polar surface area (TPSA) is 67.6 Å². The lowest BCUT2D eigenvalue weighted by atomic mass is 10.1. The van der Waals surface area contributed by atoms with Crippen molar-refractivity contribution >= 4 is 0 Å². The highest BCUT2D eigenvalue weighted by Gasteiger charge is 2.15. The largest absolute Gasteiger partial charge is 0.321 e. The maximum atomic E-state index is 5.90. The third kappa shape index (κ3) is 2.52. The second-order valence-corrected chi connectivity index (χ2v) is 3.66. The molecule has 0 fully saturated rings. The minimum Gasteiger partial charge on any atom is -0.321 e. The van der Waals surface area contributed by atoms with Crippen molar-refractivity contribution in [2.45, 2.75) is 39.7 Å². The maximum absolute atomic E-state index is 5.90. The zero-order valence-corrected chi connectivity index (χ0v) is 8.54. The third-order valence-electron chi connectivity index (χ3n) is 2.05. The van der Waals surface area contributed by atoms with Crippen molar-refractivity contribution in [2.75, 3.05) is 0 Å². The number of aryl methyl sites for hydroxylation is 1. The Kier molecular flexibility index (Phi) is 3.42. The number of hydrogen-bond acceptors (Lipinski definition) is 3. The van der Waals surface area contributed by atoms with Crippen molar-refractivity contribution < 1.29 is 0 Å². The van der Waals surface area contributed by atoms with E-state index < -0.39 is 0 Å². The lowest BCUT2D eigenvalue weighted by Gasteiger charge is -2.10. The number of rotatable bonds is 4. The van der Waals surface area contributed by atoms with Crippen LogP contribution >= 0.6 is 0 Å². The summed E-state index contributed by atoms with van der Waals surface area (Å²) in [5.41, 5.74) is 5.90. The summed E-state index contributed by atoms with van der Waals surface area (Å²) >= 11 is 0. The number of aromatic amines is 1. The molecule has 0 spiro atoms. The van der Waals surface area contributed by atoms with Gasteiger partial charge in [-0.05, 0) is 12.3 Å². The van der Waals surface area contributed by atoms with Crippen molar-refractivity contribution in [3.8, 4) is 0 Å². The van der Waals surface area contributed by atoms with E-state index in [0.717, 1.165) is 24.5 Å². The summed E-state index contributed by atoms with van der Waals surface area (Å²) in [6.45, 7) is 6.26. The summed E-state index contributed by atoms with van der Waals surface area (Å²) in [6, 6.07) is -0.0538. The van der Waals surface area contributed by atoms with Crippen LogP contribution in [0, 0.1) is 5.92 Å². The molecular formula is C9H18N4. The predicted octanol–water partition coefficient (Wildman–Crippen LogP) is 1.41. The molecule has 1 aromatic rings. The van der Waals surface area contributed by atoms with E-state index in [9.17, 15) is 0 Å². The quantitative estimate of drug-likeness (QED) is 0.739. The molecule has 0 aliphatic heterocycles. The molecule has 1 unspecified atom stereocenters. The smallest absolute Gasteiger partial charge is 0.167 e. The Labute approximate surface area is 78.9 Å². The van der Waals surface area contributed by atoms with E-state index in [-0.39, 0.29) is 6.04 Å². The Bertz CT molecular complexity index is 254. The fourth-order valence-electron chi connectivity index (χ4n) is 1.11. The molecular weight excluding hydrogens is 164 g/mol. The van der Waals surface area contributed by atoms with E-state index >= 15 is 0 Å². The molecule has 13 heavy (non-hydrogen) atoms.